The van der Waals surface area contributed by atoms with E-state index in [1.165, 1.54) is 11.1 Å². The average molecular weight is 364 g/mol. The fourth-order valence-corrected chi connectivity index (χ4v) is 5.00. The predicted octanol–water partition coefficient (Wildman–Crippen LogP) is 3.42. The average Bonchev–Trinajstić information content (AvgIpc) is 2.93. The number of piperidine rings is 1. The van der Waals surface area contributed by atoms with E-state index in [1.54, 1.807) is 7.11 Å². The number of hydrogen-bond donors (Lipinski definition) is 2. The van der Waals surface area contributed by atoms with Crippen molar-refractivity contribution in [1.29, 1.82) is 0 Å². The maximum atomic E-state index is 13.1. The first-order chi connectivity index (χ1) is 13.1. The summed E-state index contributed by atoms with van der Waals surface area (Å²) in [6.07, 6.45) is 2.00. The minimum absolute atomic E-state index is 0.0240. The number of benzene rings is 2. The van der Waals surface area contributed by atoms with E-state index in [1.807, 2.05) is 32.0 Å². The summed E-state index contributed by atoms with van der Waals surface area (Å²) in [6.45, 7) is 5.96. The number of methoxy groups -OCH3 is 1. The van der Waals surface area contributed by atoms with Crippen LogP contribution < -0.4 is 10.6 Å². The molecular weight excluding hydrogens is 336 g/mol. The first-order valence-electron chi connectivity index (χ1n) is 9.78. The molecule has 0 bridgehead atoms. The molecule has 4 rings (SSSR count). The molecule has 0 aromatic heterocycles. The van der Waals surface area contributed by atoms with Crippen LogP contribution in [0.25, 0.3) is 0 Å². The second-order valence-corrected chi connectivity index (χ2v) is 7.92. The second-order valence-electron chi connectivity index (χ2n) is 7.92. The third-order valence-corrected chi connectivity index (χ3v) is 6.35. The molecule has 4 heteroatoms. The third-order valence-electron chi connectivity index (χ3n) is 6.35. The van der Waals surface area contributed by atoms with E-state index in [4.69, 9.17) is 4.74 Å². The summed E-state index contributed by atoms with van der Waals surface area (Å²) in [5, 5.41) is 6.77. The molecule has 2 atom stereocenters. The van der Waals surface area contributed by atoms with Crippen molar-refractivity contribution in [3.8, 4) is 0 Å². The zero-order valence-corrected chi connectivity index (χ0v) is 16.3. The van der Waals surface area contributed by atoms with Crippen LogP contribution in [-0.2, 0) is 10.2 Å². The molecule has 1 heterocycles. The van der Waals surface area contributed by atoms with Gasteiger partial charge >= 0.3 is 0 Å². The maximum Gasteiger partial charge on any atom is 0.252 e. The summed E-state index contributed by atoms with van der Waals surface area (Å²) < 4.78 is 6.05. The number of ether oxygens (including phenoxy) is 1. The first-order valence-corrected chi connectivity index (χ1v) is 9.78. The van der Waals surface area contributed by atoms with Crippen LogP contribution in [0.5, 0.6) is 0 Å². The lowest BCUT2D eigenvalue weighted by Gasteiger charge is -2.40. The van der Waals surface area contributed by atoms with Crippen LogP contribution in [0.1, 0.15) is 51.5 Å². The van der Waals surface area contributed by atoms with Gasteiger partial charge in [0.25, 0.3) is 5.91 Å². The van der Waals surface area contributed by atoms with E-state index < -0.39 is 0 Å². The Morgan fingerprint density at radius 2 is 1.89 bits per heavy atom. The third kappa shape index (κ3) is 2.97. The highest BCUT2D eigenvalue weighted by molar-refractivity contribution is 5.96. The van der Waals surface area contributed by atoms with Crippen molar-refractivity contribution >= 4 is 5.91 Å². The molecule has 2 aliphatic rings. The largest absolute Gasteiger partial charge is 0.378 e. The number of nitrogens with one attached hydrogen (secondary N) is 2. The fraction of sp³-hybridized carbons (Fsp3) is 0.435. The molecule has 1 fully saturated rings. The highest BCUT2D eigenvalue weighted by Gasteiger charge is 2.53. The van der Waals surface area contributed by atoms with E-state index in [9.17, 15) is 4.79 Å². The van der Waals surface area contributed by atoms with Crippen LogP contribution in [-0.4, -0.2) is 32.2 Å². The Bertz CT molecular complexity index is 855. The summed E-state index contributed by atoms with van der Waals surface area (Å²) >= 11 is 0. The Labute approximate surface area is 161 Å². The molecule has 4 nitrogen and oxygen atoms in total. The van der Waals surface area contributed by atoms with Gasteiger partial charge < -0.3 is 15.4 Å². The van der Waals surface area contributed by atoms with Crippen LogP contribution in [0, 0.1) is 13.8 Å². The minimum atomic E-state index is -0.128. The van der Waals surface area contributed by atoms with Gasteiger partial charge in [-0.3, -0.25) is 4.79 Å². The number of fused-ring (bicyclic) bond motifs is 2. The van der Waals surface area contributed by atoms with Crippen molar-refractivity contribution in [2.45, 2.75) is 44.2 Å². The number of aryl methyl sites for hydroxylation is 2. The molecule has 1 saturated heterocycles. The molecule has 2 N–H and O–H groups in total. The summed E-state index contributed by atoms with van der Waals surface area (Å²) in [7, 11) is 1.78. The van der Waals surface area contributed by atoms with Gasteiger partial charge in [0.15, 0.2) is 0 Å². The van der Waals surface area contributed by atoms with E-state index in [0.717, 1.165) is 42.6 Å². The molecule has 0 unspecified atom stereocenters. The van der Waals surface area contributed by atoms with Gasteiger partial charge in [0, 0.05) is 18.1 Å². The van der Waals surface area contributed by atoms with Crippen molar-refractivity contribution in [2.24, 2.45) is 0 Å². The Balaban J connectivity index is 1.71. The topological polar surface area (TPSA) is 50.4 Å². The van der Waals surface area contributed by atoms with Gasteiger partial charge in [-0.1, -0.05) is 42.0 Å². The highest BCUT2D eigenvalue weighted by atomic mass is 16.5. The zero-order valence-electron chi connectivity index (χ0n) is 16.3. The molecule has 1 aliphatic heterocycles. The van der Waals surface area contributed by atoms with Gasteiger partial charge in [-0.25, -0.2) is 0 Å². The Morgan fingerprint density at radius 3 is 2.63 bits per heavy atom. The summed E-state index contributed by atoms with van der Waals surface area (Å²) in [5.41, 5.74) is 5.34. The lowest BCUT2D eigenvalue weighted by Crippen LogP contribution is -2.49. The van der Waals surface area contributed by atoms with Gasteiger partial charge in [0.1, 0.15) is 0 Å². The van der Waals surface area contributed by atoms with Gasteiger partial charge in [-0.05, 0) is 62.5 Å². The summed E-state index contributed by atoms with van der Waals surface area (Å²) in [6, 6.07) is 14.4. The quantitative estimate of drug-likeness (QED) is 0.877. The first kappa shape index (κ1) is 18.2. The molecule has 2 aromatic carbocycles. The normalized spacial score (nSPS) is 23.2. The second kappa shape index (κ2) is 7.10. The number of rotatable bonds is 3. The zero-order chi connectivity index (χ0) is 19.0. The van der Waals surface area contributed by atoms with E-state index >= 15 is 0 Å². The number of carbonyl (C=O) groups excluding carboxylic acids is 1. The van der Waals surface area contributed by atoms with Crippen molar-refractivity contribution in [2.75, 3.05) is 20.2 Å². The Kier molecular flexibility index (Phi) is 4.79. The van der Waals surface area contributed by atoms with Crippen molar-refractivity contribution in [3.63, 3.8) is 0 Å². The number of hydrogen-bond acceptors (Lipinski definition) is 3. The van der Waals surface area contributed by atoms with Crippen molar-refractivity contribution in [3.05, 3.63) is 70.3 Å². The molecule has 27 heavy (non-hydrogen) atoms. The Hall–Kier alpha value is -2.17. The van der Waals surface area contributed by atoms with Crippen LogP contribution >= 0.6 is 0 Å². The predicted molar refractivity (Wildman–Crippen MR) is 107 cm³/mol. The van der Waals surface area contributed by atoms with Gasteiger partial charge in [0.2, 0.25) is 0 Å². The summed E-state index contributed by atoms with van der Waals surface area (Å²) in [4.78, 5) is 13.1. The smallest absolute Gasteiger partial charge is 0.252 e. The van der Waals surface area contributed by atoms with E-state index in [0.29, 0.717) is 0 Å². The van der Waals surface area contributed by atoms with E-state index in [2.05, 4.69) is 34.9 Å². The van der Waals surface area contributed by atoms with Crippen LogP contribution in [0.4, 0.5) is 0 Å². The highest BCUT2D eigenvalue weighted by Crippen LogP contribution is 2.51. The number of carbonyl (C=O) groups is 1. The maximum absolute atomic E-state index is 13.1. The van der Waals surface area contributed by atoms with Crippen LogP contribution in [0.15, 0.2) is 42.5 Å². The lowest BCUT2D eigenvalue weighted by molar-refractivity contribution is 0.00396. The Morgan fingerprint density at radius 1 is 1.15 bits per heavy atom. The van der Waals surface area contributed by atoms with Gasteiger partial charge in [0.05, 0.1) is 12.1 Å². The number of amides is 1. The van der Waals surface area contributed by atoms with E-state index in [-0.39, 0.29) is 23.5 Å². The molecule has 0 saturated carbocycles. The van der Waals surface area contributed by atoms with Crippen LogP contribution in [0.3, 0.4) is 0 Å². The SMILES string of the molecule is CO[C@@H]1[C@@H](NC(=O)c2cc(C)ccc2C)c2ccccc2C12CCNCC2. The standard InChI is InChI=1S/C23H28N2O2/c1-15-8-9-16(2)18(14-15)22(26)25-20-17-6-4-5-7-19(17)23(21(20)27-3)10-12-24-13-11-23/h4-9,14,20-21,24H,10-13H2,1-3H3,(H,25,26)/t20-,21+/m0/s1. The molecule has 0 radical (unpaired) electrons. The molecule has 1 spiro atoms. The minimum Gasteiger partial charge on any atom is -0.378 e. The molecule has 142 valence electrons. The molecule has 1 amide bonds. The molecular formula is C23H28N2O2. The monoisotopic (exact) mass is 364 g/mol. The van der Waals surface area contributed by atoms with Gasteiger partial charge in [-0.15, -0.1) is 0 Å². The van der Waals surface area contributed by atoms with Gasteiger partial charge in [-0.2, -0.15) is 0 Å². The van der Waals surface area contributed by atoms with Crippen LogP contribution in [0.2, 0.25) is 0 Å². The summed E-state index contributed by atoms with van der Waals surface area (Å²) in [5.74, 6) is -0.0240. The lowest BCUT2D eigenvalue weighted by atomic mass is 9.72. The fourth-order valence-electron chi connectivity index (χ4n) is 5.00. The van der Waals surface area contributed by atoms with Crippen molar-refractivity contribution in [1.82, 2.24) is 10.6 Å². The molecule has 2 aromatic rings. The van der Waals surface area contributed by atoms with Crippen molar-refractivity contribution < 1.29 is 9.53 Å². The molecule has 1 aliphatic carbocycles.